The van der Waals surface area contributed by atoms with Gasteiger partial charge >= 0.3 is 0 Å². The minimum absolute atomic E-state index is 0.748. The van der Waals surface area contributed by atoms with Gasteiger partial charge in [-0.2, -0.15) is 0 Å². The van der Waals surface area contributed by atoms with E-state index >= 15 is 0 Å². The van der Waals surface area contributed by atoms with Crippen molar-refractivity contribution in [3.05, 3.63) is 0 Å². The first kappa shape index (κ1) is 12.3. The van der Waals surface area contributed by atoms with Gasteiger partial charge in [0.25, 0.3) is 0 Å². The molecule has 3 N–H and O–H groups in total. The van der Waals surface area contributed by atoms with Gasteiger partial charge in [-0.3, -0.25) is 0 Å². The highest BCUT2D eigenvalue weighted by Gasteiger charge is 2.12. The molecule has 94 valence electrons. The Morgan fingerprint density at radius 1 is 0.938 bits per heavy atom. The Balaban J connectivity index is 1.55. The van der Waals surface area contributed by atoms with Crippen LogP contribution in [0.3, 0.4) is 0 Å². The molecule has 0 amide bonds. The summed E-state index contributed by atoms with van der Waals surface area (Å²) in [4.78, 5) is 2.59. The van der Waals surface area contributed by atoms with E-state index in [4.69, 9.17) is 0 Å². The molecule has 0 aromatic heterocycles. The third kappa shape index (κ3) is 4.37. The molecule has 0 aromatic carbocycles. The van der Waals surface area contributed by atoms with E-state index in [2.05, 4.69) is 20.9 Å². The van der Waals surface area contributed by atoms with Crippen molar-refractivity contribution in [1.82, 2.24) is 20.9 Å². The van der Waals surface area contributed by atoms with Crippen LogP contribution in [0.1, 0.15) is 19.3 Å². The molecule has 2 aliphatic rings. The zero-order chi connectivity index (χ0) is 11.1. The van der Waals surface area contributed by atoms with Crippen LogP contribution in [0.25, 0.3) is 0 Å². The van der Waals surface area contributed by atoms with Gasteiger partial charge in [0.1, 0.15) is 0 Å². The van der Waals surface area contributed by atoms with Gasteiger partial charge in [0, 0.05) is 45.3 Å². The average Bonchev–Trinajstić information content (AvgIpc) is 2.59. The normalized spacial score (nSPS) is 28.9. The van der Waals surface area contributed by atoms with Crippen LogP contribution in [-0.4, -0.2) is 63.3 Å². The lowest BCUT2D eigenvalue weighted by molar-refractivity contribution is 0.232. The van der Waals surface area contributed by atoms with Crippen LogP contribution in [-0.2, 0) is 0 Å². The number of nitrogens with one attached hydrogen (secondary N) is 3. The molecule has 2 fully saturated rings. The lowest BCUT2D eigenvalue weighted by Crippen LogP contribution is -2.44. The third-order valence-electron chi connectivity index (χ3n) is 3.64. The molecule has 1 unspecified atom stereocenters. The number of piperazine rings is 1. The summed E-state index contributed by atoms with van der Waals surface area (Å²) in [6, 6.07) is 0.748. The SMILES string of the molecule is C(CC1CCNCCN1)CN1CCNCC1. The Morgan fingerprint density at radius 2 is 1.75 bits per heavy atom. The van der Waals surface area contributed by atoms with Crippen molar-refractivity contribution < 1.29 is 0 Å². The summed E-state index contributed by atoms with van der Waals surface area (Å²) in [5.41, 5.74) is 0. The molecule has 0 aliphatic carbocycles. The summed E-state index contributed by atoms with van der Waals surface area (Å²) >= 11 is 0. The molecule has 2 saturated heterocycles. The van der Waals surface area contributed by atoms with Crippen molar-refractivity contribution >= 4 is 0 Å². The van der Waals surface area contributed by atoms with Crippen LogP contribution in [0.4, 0.5) is 0 Å². The summed E-state index contributed by atoms with van der Waals surface area (Å²) in [7, 11) is 0. The van der Waals surface area contributed by atoms with Crippen molar-refractivity contribution in [1.29, 1.82) is 0 Å². The van der Waals surface area contributed by atoms with Gasteiger partial charge in [0.05, 0.1) is 0 Å². The first-order chi connectivity index (χ1) is 7.95. The molecule has 4 nitrogen and oxygen atoms in total. The third-order valence-corrected chi connectivity index (χ3v) is 3.64. The van der Waals surface area contributed by atoms with Crippen LogP contribution in [0.2, 0.25) is 0 Å². The fourth-order valence-electron chi connectivity index (χ4n) is 2.61. The number of hydrogen-bond donors (Lipinski definition) is 3. The fourth-order valence-corrected chi connectivity index (χ4v) is 2.61. The molecule has 1 atom stereocenters. The monoisotopic (exact) mass is 226 g/mol. The fraction of sp³-hybridized carbons (Fsp3) is 1.00. The zero-order valence-electron chi connectivity index (χ0n) is 10.3. The minimum atomic E-state index is 0.748. The maximum Gasteiger partial charge on any atom is 0.0107 e. The van der Waals surface area contributed by atoms with E-state index < -0.39 is 0 Å². The van der Waals surface area contributed by atoms with Crippen LogP contribution in [0.5, 0.6) is 0 Å². The van der Waals surface area contributed by atoms with Gasteiger partial charge in [-0.15, -0.1) is 0 Å². The van der Waals surface area contributed by atoms with Gasteiger partial charge in [-0.1, -0.05) is 0 Å². The molecule has 0 radical (unpaired) electrons. The van der Waals surface area contributed by atoms with E-state index in [-0.39, 0.29) is 0 Å². The molecule has 0 saturated carbocycles. The second-order valence-corrected chi connectivity index (χ2v) is 4.92. The van der Waals surface area contributed by atoms with Crippen LogP contribution >= 0.6 is 0 Å². The van der Waals surface area contributed by atoms with Crippen molar-refractivity contribution in [2.45, 2.75) is 25.3 Å². The van der Waals surface area contributed by atoms with E-state index in [9.17, 15) is 0 Å². The first-order valence-corrected chi connectivity index (χ1v) is 6.82. The summed E-state index contributed by atoms with van der Waals surface area (Å²) in [6.45, 7) is 9.56. The highest BCUT2D eigenvalue weighted by atomic mass is 15.2. The van der Waals surface area contributed by atoms with Gasteiger partial charge in [-0.05, 0) is 32.4 Å². The Labute approximate surface area is 99.2 Å². The molecule has 0 aromatic rings. The van der Waals surface area contributed by atoms with E-state index in [0.717, 1.165) is 19.1 Å². The van der Waals surface area contributed by atoms with Crippen molar-refractivity contribution in [2.75, 3.05) is 52.4 Å². The summed E-state index contributed by atoms with van der Waals surface area (Å²) in [5.74, 6) is 0. The molecule has 4 heteroatoms. The molecular formula is C12H26N4. The van der Waals surface area contributed by atoms with Crippen LogP contribution in [0.15, 0.2) is 0 Å². The number of nitrogens with zero attached hydrogens (tertiary/aromatic N) is 1. The smallest absolute Gasteiger partial charge is 0.0107 e. The predicted molar refractivity (Wildman–Crippen MR) is 67.8 cm³/mol. The van der Waals surface area contributed by atoms with E-state index in [1.54, 1.807) is 0 Å². The van der Waals surface area contributed by atoms with Gasteiger partial charge < -0.3 is 20.9 Å². The lowest BCUT2D eigenvalue weighted by Gasteiger charge is -2.27. The molecule has 16 heavy (non-hydrogen) atoms. The molecule has 2 rings (SSSR count). The number of rotatable bonds is 4. The van der Waals surface area contributed by atoms with Gasteiger partial charge in [-0.25, -0.2) is 0 Å². The maximum absolute atomic E-state index is 3.63. The second kappa shape index (κ2) is 7.22. The minimum Gasteiger partial charge on any atom is -0.315 e. The second-order valence-electron chi connectivity index (χ2n) is 4.92. The molecule has 0 bridgehead atoms. The van der Waals surface area contributed by atoms with Crippen molar-refractivity contribution in [3.8, 4) is 0 Å². The van der Waals surface area contributed by atoms with Crippen LogP contribution < -0.4 is 16.0 Å². The first-order valence-electron chi connectivity index (χ1n) is 6.82. The topological polar surface area (TPSA) is 39.3 Å². The average molecular weight is 226 g/mol. The standard InChI is InChI=1S/C12H26N4/c1(9-16-10-7-14-8-11-16)2-12-3-4-13-5-6-15-12/h12-15H,1-11H2. The summed E-state index contributed by atoms with van der Waals surface area (Å²) < 4.78 is 0. The molecule has 2 heterocycles. The van der Waals surface area contributed by atoms with E-state index in [0.29, 0.717) is 0 Å². The quantitative estimate of drug-likeness (QED) is 0.611. The van der Waals surface area contributed by atoms with E-state index in [1.165, 1.54) is 58.5 Å². The Hall–Kier alpha value is -0.160. The molecule has 0 spiro atoms. The van der Waals surface area contributed by atoms with Gasteiger partial charge in [0.2, 0.25) is 0 Å². The van der Waals surface area contributed by atoms with Crippen molar-refractivity contribution in [3.63, 3.8) is 0 Å². The predicted octanol–water partition coefficient (Wildman–Crippen LogP) is -0.377. The maximum atomic E-state index is 3.63. The van der Waals surface area contributed by atoms with Crippen molar-refractivity contribution in [2.24, 2.45) is 0 Å². The lowest BCUT2D eigenvalue weighted by atomic mass is 10.1. The number of hydrogen-bond acceptors (Lipinski definition) is 4. The summed E-state index contributed by atoms with van der Waals surface area (Å²) in [6.07, 6.45) is 3.98. The highest BCUT2D eigenvalue weighted by Crippen LogP contribution is 2.05. The highest BCUT2D eigenvalue weighted by molar-refractivity contribution is 4.74. The van der Waals surface area contributed by atoms with Crippen LogP contribution in [0, 0.1) is 0 Å². The molecular weight excluding hydrogens is 200 g/mol. The van der Waals surface area contributed by atoms with E-state index in [1.807, 2.05) is 0 Å². The zero-order valence-corrected chi connectivity index (χ0v) is 10.3. The van der Waals surface area contributed by atoms with Gasteiger partial charge in [0.15, 0.2) is 0 Å². The Kier molecular flexibility index (Phi) is 5.55. The largest absolute Gasteiger partial charge is 0.315 e. The molecule has 2 aliphatic heterocycles. The summed E-state index contributed by atoms with van der Waals surface area (Å²) in [5, 5.41) is 10.5. The Bertz CT molecular complexity index is 172. The Morgan fingerprint density at radius 3 is 2.62 bits per heavy atom.